The Morgan fingerprint density at radius 2 is 1.56 bits per heavy atom. The van der Waals surface area contributed by atoms with Crippen molar-refractivity contribution in [2.75, 3.05) is 0 Å². The van der Waals surface area contributed by atoms with Crippen molar-refractivity contribution in [2.45, 2.75) is 6.18 Å². The predicted octanol–water partition coefficient (Wildman–Crippen LogP) is 5.99. The van der Waals surface area contributed by atoms with Crippen LogP contribution in [0.15, 0.2) is 46.9 Å². The Labute approximate surface area is 147 Å². The third kappa shape index (κ3) is 3.81. The number of alkyl halides is 3. The molecule has 0 N–H and O–H groups in total. The van der Waals surface area contributed by atoms with Gasteiger partial charge in [0.05, 0.1) is 11.1 Å². The zero-order valence-corrected chi connectivity index (χ0v) is 13.1. The number of hydrogen-bond donors (Lipinski definition) is 0. The maximum Gasteiger partial charge on any atom is 0.416 e. The highest BCUT2D eigenvalue weighted by molar-refractivity contribution is 5.73. The Morgan fingerprint density at radius 1 is 0.889 bits per heavy atom. The summed E-state index contributed by atoms with van der Waals surface area (Å²) < 4.78 is 89.4. The lowest BCUT2D eigenvalue weighted by Gasteiger charge is -2.12. The number of hydrogen-bond acceptors (Lipinski definition) is 3. The molecule has 0 atom stereocenters. The molecule has 0 bridgehead atoms. The summed E-state index contributed by atoms with van der Waals surface area (Å²) in [6, 6.07) is 5.89. The Balaban J connectivity index is 1.90. The first kappa shape index (κ1) is 18.6. The zero-order chi connectivity index (χ0) is 19.8. The number of furan rings is 1. The summed E-state index contributed by atoms with van der Waals surface area (Å²) >= 11 is 0. The summed E-state index contributed by atoms with van der Waals surface area (Å²) in [5, 5.41) is 0. The summed E-state index contributed by atoms with van der Waals surface area (Å²) in [6.07, 6.45) is -4.51. The molecule has 2 aromatic carbocycles. The molecule has 0 fully saturated rings. The van der Waals surface area contributed by atoms with E-state index in [1.54, 1.807) is 0 Å². The number of aldehydes is 1. The molecule has 0 aliphatic heterocycles. The number of rotatable bonds is 4. The van der Waals surface area contributed by atoms with E-state index in [1.807, 2.05) is 0 Å². The van der Waals surface area contributed by atoms with Crippen molar-refractivity contribution in [3.05, 3.63) is 71.2 Å². The molecule has 0 saturated heterocycles. The molecule has 0 unspecified atom stereocenters. The van der Waals surface area contributed by atoms with E-state index in [0.29, 0.717) is 6.29 Å². The third-order valence-corrected chi connectivity index (χ3v) is 3.49. The van der Waals surface area contributed by atoms with Crippen LogP contribution in [0.5, 0.6) is 11.5 Å². The van der Waals surface area contributed by atoms with Crippen molar-refractivity contribution >= 4 is 6.29 Å². The average molecular weight is 386 g/mol. The standard InChI is InChI=1S/C18H8F6O3/c19-13-7-10(1-3-12(13)16-4-2-11(8-25)26-16)27-17-14(20)5-9(6-15(17)21)18(22,23)24/h1-8H. The van der Waals surface area contributed by atoms with Gasteiger partial charge in [-0.2, -0.15) is 13.2 Å². The number of ether oxygens (including phenoxy) is 1. The summed E-state index contributed by atoms with van der Waals surface area (Å²) in [5.41, 5.74) is -1.57. The molecule has 0 aliphatic rings. The van der Waals surface area contributed by atoms with E-state index < -0.39 is 34.9 Å². The number of carbonyl (C=O) groups is 1. The molecule has 0 spiro atoms. The molecule has 9 heteroatoms. The third-order valence-electron chi connectivity index (χ3n) is 3.49. The van der Waals surface area contributed by atoms with Gasteiger partial charge in [-0.25, -0.2) is 13.2 Å². The topological polar surface area (TPSA) is 39.4 Å². The first-order chi connectivity index (χ1) is 12.7. The monoisotopic (exact) mass is 386 g/mol. The van der Waals surface area contributed by atoms with Gasteiger partial charge >= 0.3 is 6.18 Å². The minimum atomic E-state index is -4.93. The minimum Gasteiger partial charge on any atom is -0.453 e. The van der Waals surface area contributed by atoms with E-state index in [0.717, 1.165) is 18.2 Å². The van der Waals surface area contributed by atoms with E-state index in [1.165, 1.54) is 12.1 Å². The number of benzene rings is 2. The first-order valence-electron chi connectivity index (χ1n) is 7.28. The largest absolute Gasteiger partial charge is 0.453 e. The second kappa shape index (κ2) is 6.82. The van der Waals surface area contributed by atoms with Crippen LogP contribution in [0.3, 0.4) is 0 Å². The van der Waals surface area contributed by atoms with Gasteiger partial charge in [-0.05, 0) is 36.4 Å². The van der Waals surface area contributed by atoms with E-state index >= 15 is 0 Å². The van der Waals surface area contributed by atoms with Gasteiger partial charge in [-0.1, -0.05) is 0 Å². The molecule has 0 amide bonds. The van der Waals surface area contributed by atoms with E-state index in [-0.39, 0.29) is 35.0 Å². The van der Waals surface area contributed by atoms with Gasteiger partial charge in [0.1, 0.15) is 17.3 Å². The van der Waals surface area contributed by atoms with E-state index in [9.17, 15) is 31.1 Å². The highest BCUT2D eigenvalue weighted by atomic mass is 19.4. The van der Waals surface area contributed by atoms with Gasteiger partial charge in [0.15, 0.2) is 29.4 Å². The van der Waals surface area contributed by atoms with Crippen LogP contribution in [0.25, 0.3) is 11.3 Å². The van der Waals surface area contributed by atoms with E-state index in [4.69, 9.17) is 9.15 Å². The van der Waals surface area contributed by atoms with Crippen LogP contribution < -0.4 is 4.74 Å². The van der Waals surface area contributed by atoms with Gasteiger partial charge in [0.2, 0.25) is 0 Å². The summed E-state index contributed by atoms with van der Waals surface area (Å²) in [6.45, 7) is 0. The summed E-state index contributed by atoms with van der Waals surface area (Å²) in [7, 11) is 0. The van der Waals surface area contributed by atoms with Crippen molar-refractivity contribution in [3.63, 3.8) is 0 Å². The van der Waals surface area contributed by atoms with Gasteiger partial charge in [-0.3, -0.25) is 4.79 Å². The summed E-state index contributed by atoms with van der Waals surface area (Å²) in [5.74, 6) is -5.52. The average Bonchev–Trinajstić information content (AvgIpc) is 3.06. The van der Waals surface area contributed by atoms with Crippen LogP contribution in [-0.2, 0) is 6.18 Å². The molecule has 1 heterocycles. The molecular formula is C18H8F6O3. The van der Waals surface area contributed by atoms with Crippen LogP contribution in [0.1, 0.15) is 16.1 Å². The lowest BCUT2D eigenvalue weighted by atomic mass is 10.1. The second-order valence-electron chi connectivity index (χ2n) is 5.33. The van der Waals surface area contributed by atoms with Gasteiger partial charge in [0.25, 0.3) is 0 Å². The fraction of sp³-hybridized carbons (Fsp3) is 0.0556. The number of halogens is 6. The quantitative estimate of drug-likeness (QED) is 0.409. The van der Waals surface area contributed by atoms with Crippen LogP contribution in [0.2, 0.25) is 0 Å². The smallest absolute Gasteiger partial charge is 0.416 e. The second-order valence-corrected chi connectivity index (χ2v) is 5.33. The maximum absolute atomic E-state index is 14.2. The Kier molecular flexibility index (Phi) is 4.69. The molecule has 0 radical (unpaired) electrons. The SMILES string of the molecule is O=Cc1ccc(-c2ccc(Oc3c(F)cc(C(F)(F)F)cc3F)cc2F)o1. The van der Waals surface area contributed by atoms with Crippen molar-refractivity contribution in [1.82, 2.24) is 0 Å². The highest BCUT2D eigenvalue weighted by Gasteiger charge is 2.33. The molecule has 3 aromatic rings. The Hall–Kier alpha value is -3.23. The molecule has 3 nitrogen and oxygen atoms in total. The fourth-order valence-electron chi connectivity index (χ4n) is 2.26. The molecule has 1 aromatic heterocycles. The minimum absolute atomic E-state index is 0.0291. The lowest BCUT2D eigenvalue weighted by Crippen LogP contribution is -2.07. The van der Waals surface area contributed by atoms with Gasteiger partial charge in [0, 0.05) is 6.07 Å². The molecule has 140 valence electrons. The zero-order valence-electron chi connectivity index (χ0n) is 13.1. The molecule has 27 heavy (non-hydrogen) atoms. The van der Waals surface area contributed by atoms with Crippen molar-refractivity contribution in [1.29, 1.82) is 0 Å². The van der Waals surface area contributed by atoms with Crippen molar-refractivity contribution in [3.8, 4) is 22.8 Å². The summed E-state index contributed by atoms with van der Waals surface area (Å²) in [4.78, 5) is 10.6. The van der Waals surface area contributed by atoms with Crippen LogP contribution in [-0.4, -0.2) is 6.29 Å². The maximum atomic E-state index is 14.2. The lowest BCUT2D eigenvalue weighted by molar-refractivity contribution is -0.138. The highest BCUT2D eigenvalue weighted by Crippen LogP contribution is 2.36. The number of carbonyl (C=O) groups excluding carboxylic acids is 1. The van der Waals surface area contributed by atoms with Crippen molar-refractivity contribution in [2.24, 2.45) is 0 Å². The normalized spacial score (nSPS) is 11.5. The van der Waals surface area contributed by atoms with Gasteiger partial charge in [-0.15, -0.1) is 0 Å². The Morgan fingerprint density at radius 3 is 2.07 bits per heavy atom. The van der Waals surface area contributed by atoms with E-state index in [2.05, 4.69) is 0 Å². The van der Waals surface area contributed by atoms with Crippen LogP contribution in [0.4, 0.5) is 26.3 Å². The first-order valence-corrected chi connectivity index (χ1v) is 7.28. The predicted molar refractivity (Wildman–Crippen MR) is 80.9 cm³/mol. The Bertz CT molecular complexity index is 984. The fourth-order valence-corrected chi connectivity index (χ4v) is 2.26. The van der Waals surface area contributed by atoms with Gasteiger partial charge < -0.3 is 9.15 Å². The van der Waals surface area contributed by atoms with Crippen LogP contribution in [0, 0.1) is 17.5 Å². The molecule has 0 saturated carbocycles. The van der Waals surface area contributed by atoms with Crippen LogP contribution >= 0.6 is 0 Å². The molecule has 3 rings (SSSR count). The van der Waals surface area contributed by atoms with Crippen molar-refractivity contribution < 1.29 is 40.3 Å². The molecule has 0 aliphatic carbocycles. The molecular weight excluding hydrogens is 378 g/mol.